The van der Waals surface area contributed by atoms with Crippen molar-refractivity contribution in [1.29, 1.82) is 0 Å². The fourth-order valence-electron chi connectivity index (χ4n) is 1.89. The molecule has 21 heavy (non-hydrogen) atoms. The quantitative estimate of drug-likeness (QED) is 0.380. The van der Waals surface area contributed by atoms with E-state index in [0.29, 0.717) is 0 Å². The SMILES string of the molecule is COCC(COS(=O)OC1CC(O)C(O)C(O)C1O)OC. The number of rotatable bonds is 8. The van der Waals surface area contributed by atoms with Crippen molar-refractivity contribution in [3.63, 3.8) is 0 Å². The smallest absolute Gasteiger partial charge is 0.305 e. The van der Waals surface area contributed by atoms with Crippen molar-refractivity contribution in [3.8, 4) is 0 Å². The molecule has 0 aromatic rings. The molecule has 0 heterocycles. The largest absolute Gasteiger partial charge is 0.390 e. The molecule has 1 fully saturated rings. The van der Waals surface area contributed by atoms with Crippen LogP contribution >= 0.6 is 0 Å². The predicted molar refractivity (Wildman–Crippen MR) is 70.3 cm³/mol. The van der Waals surface area contributed by atoms with Crippen molar-refractivity contribution in [1.82, 2.24) is 0 Å². The highest BCUT2D eigenvalue weighted by molar-refractivity contribution is 7.75. The second kappa shape index (κ2) is 9.08. The van der Waals surface area contributed by atoms with Crippen LogP contribution < -0.4 is 0 Å². The Kier molecular flexibility index (Phi) is 8.16. The maximum atomic E-state index is 11.6. The van der Waals surface area contributed by atoms with Gasteiger partial charge in [0.2, 0.25) is 0 Å². The zero-order valence-electron chi connectivity index (χ0n) is 11.8. The summed E-state index contributed by atoms with van der Waals surface area (Å²) in [4.78, 5) is 0. The standard InChI is InChI=1S/C11H22O9S/c1-17-4-6(18-2)5-19-21(16)20-8-3-7(12)9(13)11(15)10(8)14/h6-15H,3-5H2,1-2H3. The average molecular weight is 330 g/mol. The molecule has 1 rings (SSSR count). The van der Waals surface area contributed by atoms with Crippen molar-refractivity contribution in [3.05, 3.63) is 0 Å². The van der Waals surface area contributed by atoms with Crippen molar-refractivity contribution >= 4 is 11.4 Å². The van der Waals surface area contributed by atoms with Gasteiger partial charge in [0, 0.05) is 20.6 Å². The molecule has 0 aromatic heterocycles. The van der Waals surface area contributed by atoms with Gasteiger partial charge in [-0.2, -0.15) is 4.21 Å². The zero-order chi connectivity index (χ0) is 16.0. The van der Waals surface area contributed by atoms with Crippen LogP contribution in [0.5, 0.6) is 0 Å². The summed E-state index contributed by atoms with van der Waals surface area (Å²) in [6.45, 7) is 0.177. The van der Waals surface area contributed by atoms with Crippen molar-refractivity contribution in [2.24, 2.45) is 0 Å². The predicted octanol–water partition coefficient (Wildman–Crippen LogP) is -2.52. The summed E-state index contributed by atoms with van der Waals surface area (Å²) in [6, 6.07) is 0. The maximum Gasteiger partial charge on any atom is 0.305 e. The number of aliphatic hydroxyl groups is 4. The summed E-state index contributed by atoms with van der Waals surface area (Å²) in [5.74, 6) is 0. The molecule has 0 aromatic carbocycles. The molecule has 126 valence electrons. The second-order valence-electron chi connectivity index (χ2n) is 4.71. The van der Waals surface area contributed by atoms with Gasteiger partial charge in [-0.1, -0.05) is 0 Å². The third-order valence-corrected chi connectivity index (χ3v) is 3.92. The van der Waals surface area contributed by atoms with Crippen molar-refractivity contribution in [2.45, 2.75) is 43.0 Å². The molecule has 1 aliphatic rings. The number of aliphatic hydroxyl groups excluding tert-OH is 4. The Morgan fingerprint density at radius 1 is 1.10 bits per heavy atom. The van der Waals surface area contributed by atoms with Crippen molar-refractivity contribution < 1.29 is 42.5 Å². The summed E-state index contributed by atoms with van der Waals surface area (Å²) in [7, 11) is 2.92. The Morgan fingerprint density at radius 3 is 2.33 bits per heavy atom. The van der Waals surface area contributed by atoms with E-state index in [1.54, 1.807) is 0 Å². The molecule has 1 aliphatic carbocycles. The highest BCUT2D eigenvalue weighted by Gasteiger charge is 2.43. The van der Waals surface area contributed by atoms with E-state index in [0.717, 1.165) is 0 Å². The van der Waals surface area contributed by atoms with Crippen LogP contribution in [-0.4, -0.2) is 88.7 Å². The fourth-order valence-corrected chi connectivity index (χ4v) is 2.61. The molecule has 0 bridgehead atoms. The molecule has 7 unspecified atom stereocenters. The lowest BCUT2D eigenvalue weighted by Crippen LogP contribution is -2.56. The molecule has 0 saturated heterocycles. The van der Waals surface area contributed by atoms with Gasteiger partial charge >= 0.3 is 11.4 Å². The summed E-state index contributed by atoms with van der Waals surface area (Å²) in [5.41, 5.74) is 0. The molecule has 0 amide bonds. The van der Waals surface area contributed by atoms with E-state index < -0.39 is 48.0 Å². The monoisotopic (exact) mass is 330 g/mol. The van der Waals surface area contributed by atoms with E-state index in [1.807, 2.05) is 0 Å². The van der Waals surface area contributed by atoms with E-state index in [1.165, 1.54) is 14.2 Å². The highest BCUT2D eigenvalue weighted by Crippen LogP contribution is 2.24. The van der Waals surface area contributed by atoms with E-state index in [9.17, 15) is 24.6 Å². The van der Waals surface area contributed by atoms with Gasteiger partial charge in [0.05, 0.1) is 19.3 Å². The van der Waals surface area contributed by atoms with Crippen LogP contribution in [-0.2, 0) is 29.2 Å². The zero-order valence-corrected chi connectivity index (χ0v) is 12.6. The van der Waals surface area contributed by atoms with Crippen molar-refractivity contribution in [2.75, 3.05) is 27.4 Å². The molecule has 7 atom stereocenters. The van der Waals surface area contributed by atoms with Crippen LogP contribution in [0.25, 0.3) is 0 Å². The van der Waals surface area contributed by atoms with E-state index in [2.05, 4.69) is 0 Å². The molecule has 1 saturated carbocycles. The Labute approximate surface area is 125 Å². The minimum Gasteiger partial charge on any atom is -0.390 e. The van der Waals surface area contributed by atoms with Crippen LogP contribution in [0.1, 0.15) is 6.42 Å². The number of hydrogen-bond acceptors (Lipinski definition) is 9. The summed E-state index contributed by atoms with van der Waals surface area (Å²) >= 11 is -2.20. The topological polar surface area (TPSA) is 135 Å². The lowest BCUT2D eigenvalue weighted by Gasteiger charge is -2.37. The summed E-state index contributed by atoms with van der Waals surface area (Å²) in [6.07, 6.45) is -7.57. The first-order valence-corrected chi connectivity index (χ1v) is 7.36. The maximum absolute atomic E-state index is 11.6. The third kappa shape index (κ3) is 5.51. The molecule has 4 N–H and O–H groups in total. The minimum atomic E-state index is -2.20. The number of ether oxygens (including phenoxy) is 2. The molecule has 9 nitrogen and oxygen atoms in total. The molecule has 10 heteroatoms. The number of methoxy groups -OCH3 is 2. The summed E-state index contributed by atoms with van der Waals surface area (Å²) in [5, 5.41) is 38.1. The molecule has 0 aliphatic heterocycles. The number of hydrogen-bond donors (Lipinski definition) is 4. The van der Waals surface area contributed by atoms with Crippen LogP contribution in [0.2, 0.25) is 0 Å². The van der Waals surface area contributed by atoms with Gasteiger partial charge in [-0.3, -0.25) is 8.37 Å². The molecular weight excluding hydrogens is 308 g/mol. The second-order valence-corrected chi connectivity index (χ2v) is 5.55. The van der Waals surface area contributed by atoms with Crippen LogP contribution in [0.15, 0.2) is 0 Å². The van der Waals surface area contributed by atoms with E-state index >= 15 is 0 Å². The molecular formula is C11H22O9S. The Hall–Kier alpha value is -0.170. The first kappa shape index (κ1) is 18.9. The summed E-state index contributed by atoms with van der Waals surface area (Å²) < 4.78 is 31.3. The third-order valence-electron chi connectivity index (χ3n) is 3.19. The molecule has 0 spiro atoms. The van der Waals surface area contributed by atoms with E-state index in [-0.39, 0.29) is 19.6 Å². The first-order chi connectivity index (χ1) is 9.90. The normalized spacial score (nSPS) is 36.4. The van der Waals surface area contributed by atoms with Gasteiger partial charge in [0.1, 0.15) is 30.5 Å². The minimum absolute atomic E-state index is 0.0620. The fraction of sp³-hybridized carbons (Fsp3) is 1.00. The molecule has 0 radical (unpaired) electrons. The lowest BCUT2D eigenvalue weighted by molar-refractivity contribution is -0.170. The van der Waals surface area contributed by atoms with E-state index in [4.69, 9.17) is 17.8 Å². The Morgan fingerprint density at radius 2 is 1.76 bits per heavy atom. The first-order valence-electron chi connectivity index (χ1n) is 6.36. The Bertz CT molecular complexity index is 329. The van der Waals surface area contributed by atoms with Gasteiger partial charge < -0.3 is 29.9 Å². The highest BCUT2D eigenvalue weighted by atomic mass is 32.2. The van der Waals surface area contributed by atoms with Crippen LogP contribution in [0.4, 0.5) is 0 Å². The van der Waals surface area contributed by atoms with Crippen LogP contribution in [0, 0.1) is 0 Å². The lowest BCUT2D eigenvalue weighted by atomic mass is 9.87. The van der Waals surface area contributed by atoms with Gasteiger partial charge in [0.25, 0.3) is 0 Å². The van der Waals surface area contributed by atoms with Crippen LogP contribution in [0.3, 0.4) is 0 Å². The average Bonchev–Trinajstić information content (AvgIpc) is 2.46. The van der Waals surface area contributed by atoms with Gasteiger partial charge in [0.15, 0.2) is 0 Å². The Balaban J connectivity index is 2.43. The van der Waals surface area contributed by atoms with Gasteiger partial charge in [-0.25, -0.2) is 0 Å². The van der Waals surface area contributed by atoms with Gasteiger partial charge in [-0.15, -0.1) is 0 Å². The van der Waals surface area contributed by atoms with Gasteiger partial charge in [-0.05, 0) is 0 Å².